The molecule has 1 aromatic carbocycles. The van der Waals surface area contributed by atoms with Gasteiger partial charge >= 0.3 is 0 Å². The number of carbonyl (C=O) groups excluding carboxylic acids is 1. The maximum Gasteiger partial charge on any atom is 0.265 e. The Morgan fingerprint density at radius 1 is 1.20 bits per heavy atom. The molecule has 0 atom stereocenters. The Kier molecular flexibility index (Phi) is 7.47. The molecule has 0 spiro atoms. The Balaban J connectivity index is 2.03. The first-order valence-electron chi connectivity index (χ1n) is 8.93. The third kappa shape index (κ3) is 5.31. The van der Waals surface area contributed by atoms with E-state index in [0.717, 1.165) is 36.6 Å². The smallest absolute Gasteiger partial charge is 0.265 e. The third-order valence-corrected chi connectivity index (χ3v) is 5.41. The summed E-state index contributed by atoms with van der Waals surface area (Å²) in [5.74, 6) is 0.639. The number of amides is 1. The number of nitrogens with one attached hydrogen (secondary N) is 1. The van der Waals surface area contributed by atoms with Gasteiger partial charge in [0.25, 0.3) is 5.91 Å². The molecular formula is C20H28N2O2S. The molecule has 0 saturated heterocycles. The highest BCUT2D eigenvalue weighted by atomic mass is 32.1. The van der Waals surface area contributed by atoms with Crippen LogP contribution in [0, 0.1) is 6.92 Å². The van der Waals surface area contributed by atoms with Crippen molar-refractivity contribution in [3.05, 3.63) is 45.6 Å². The van der Waals surface area contributed by atoms with E-state index < -0.39 is 0 Å². The molecule has 0 bridgehead atoms. The predicted molar refractivity (Wildman–Crippen MR) is 106 cm³/mol. The summed E-state index contributed by atoms with van der Waals surface area (Å²) in [7, 11) is 0. The van der Waals surface area contributed by atoms with Gasteiger partial charge in [-0.1, -0.05) is 32.9 Å². The number of anilines is 1. The van der Waals surface area contributed by atoms with Crippen LogP contribution >= 0.6 is 11.3 Å². The topological polar surface area (TPSA) is 41.6 Å². The second kappa shape index (κ2) is 9.59. The lowest BCUT2D eigenvalue weighted by atomic mass is 10.2. The second-order valence-corrected chi connectivity index (χ2v) is 7.13. The zero-order valence-electron chi connectivity index (χ0n) is 15.6. The molecule has 136 valence electrons. The van der Waals surface area contributed by atoms with Crippen molar-refractivity contribution in [2.75, 3.05) is 31.6 Å². The van der Waals surface area contributed by atoms with Gasteiger partial charge in [0.15, 0.2) is 0 Å². The summed E-state index contributed by atoms with van der Waals surface area (Å²) in [4.78, 5) is 16.8. The van der Waals surface area contributed by atoms with Crippen molar-refractivity contribution < 1.29 is 9.53 Å². The Morgan fingerprint density at radius 2 is 1.92 bits per heavy atom. The monoisotopic (exact) mass is 360 g/mol. The number of aryl methyl sites for hydroxylation is 2. The minimum absolute atomic E-state index is 0.0763. The van der Waals surface area contributed by atoms with Gasteiger partial charge in [-0.05, 0) is 50.2 Å². The number of ether oxygens (including phenoxy) is 1. The SMILES string of the molecule is CCc1cc(C(=O)Nc2ccccc2OCCN(CC)CC)sc1C. The third-order valence-electron chi connectivity index (χ3n) is 4.32. The van der Waals surface area contributed by atoms with Crippen LogP contribution in [0.15, 0.2) is 30.3 Å². The van der Waals surface area contributed by atoms with Gasteiger partial charge < -0.3 is 15.0 Å². The molecule has 0 fully saturated rings. The molecule has 4 nitrogen and oxygen atoms in total. The normalized spacial score (nSPS) is 10.9. The Labute approximate surface area is 154 Å². The van der Waals surface area contributed by atoms with Gasteiger partial charge in [-0.15, -0.1) is 11.3 Å². The number of carbonyl (C=O) groups is 1. The standard InChI is InChI=1S/C20H28N2O2S/c1-5-16-14-19(25-15(16)4)20(23)21-17-10-8-9-11-18(17)24-13-12-22(6-2)7-3/h8-11,14H,5-7,12-13H2,1-4H3,(H,21,23). The summed E-state index contributed by atoms with van der Waals surface area (Å²) in [5, 5.41) is 2.99. The van der Waals surface area contributed by atoms with E-state index in [2.05, 4.69) is 37.9 Å². The molecule has 0 unspecified atom stereocenters. The molecule has 1 N–H and O–H groups in total. The predicted octanol–water partition coefficient (Wildman–Crippen LogP) is 4.59. The number of para-hydroxylation sites is 2. The molecule has 0 radical (unpaired) electrons. The number of nitrogens with zero attached hydrogens (tertiary/aromatic N) is 1. The number of thiophene rings is 1. The first-order valence-corrected chi connectivity index (χ1v) is 9.75. The minimum Gasteiger partial charge on any atom is -0.490 e. The molecule has 0 aliphatic rings. The van der Waals surface area contributed by atoms with Gasteiger partial charge in [-0.2, -0.15) is 0 Å². The van der Waals surface area contributed by atoms with Crippen LogP contribution in [-0.4, -0.2) is 37.0 Å². The number of hydrogen-bond donors (Lipinski definition) is 1. The van der Waals surface area contributed by atoms with E-state index in [4.69, 9.17) is 4.74 Å². The highest BCUT2D eigenvalue weighted by molar-refractivity contribution is 7.14. The van der Waals surface area contributed by atoms with Gasteiger partial charge in [0.05, 0.1) is 10.6 Å². The molecule has 0 aliphatic carbocycles. The molecule has 0 aliphatic heterocycles. The highest BCUT2D eigenvalue weighted by Gasteiger charge is 2.14. The van der Waals surface area contributed by atoms with Crippen molar-refractivity contribution in [2.45, 2.75) is 34.1 Å². The molecule has 25 heavy (non-hydrogen) atoms. The largest absolute Gasteiger partial charge is 0.490 e. The van der Waals surface area contributed by atoms with E-state index in [1.165, 1.54) is 10.4 Å². The zero-order chi connectivity index (χ0) is 18.2. The van der Waals surface area contributed by atoms with Crippen LogP contribution in [0.5, 0.6) is 5.75 Å². The number of likely N-dealkylation sites (N-methyl/N-ethyl adjacent to an activating group) is 1. The molecular weight excluding hydrogens is 332 g/mol. The first-order chi connectivity index (χ1) is 12.1. The fourth-order valence-corrected chi connectivity index (χ4v) is 3.70. The van der Waals surface area contributed by atoms with Crippen molar-refractivity contribution >= 4 is 22.9 Å². The zero-order valence-corrected chi connectivity index (χ0v) is 16.4. The molecule has 1 aromatic heterocycles. The Hall–Kier alpha value is -1.85. The maximum absolute atomic E-state index is 12.6. The lowest BCUT2D eigenvalue weighted by Gasteiger charge is -2.19. The fourth-order valence-electron chi connectivity index (χ4n) is 2.69. The van der Waals surface area contributed by atoms with E-state index >= 15 is 0 Å². The van der Waals surface area contributed by atoms with Gasteiger partial charge in [0, 0.05) is 11.4 Å². The highest BCUT2D eigenvalue weighted by Crippen LogP contribution is 2.27. The quantitative estimate of drug-likeness (QED) is 0.711. The lowest BCUT2D eigenvalue weighted by Crippen LogP contribution is -2.28. The van der Waals surface area contributed by atoms with Crippen LogP contribution in [-0.2, 0) is 6.42 Å². The average molecular weight is 361 g/mol. The van der Waals surface area contributed by atoms with Crippen LogP contribution < -0.4 is 10.1 Å². The molecule has 2 aromatic rings. The summed E-state index contributed by atoms with van der Waals surface area (Å²) in [6.45, 7) is 12.0. The Morgan fingerprint density at radius 3 is 2.56 bits per heavy atom. The van der Waals surface area contributed by atoms with Crippen molar-refractivity contribution in [1.82, 2.24) is 4.90 Å². The summed E-state index contributed by atoms with van der Waals surface area (Å²) in [6, 6.07) is 9.59. The van der Waals surface area contributed by atoms with Crippen LogP contribution in [0.2, 0.25) is 0 Å². The van der Waals surface area contributed by atoms with Crippen molar-refractivity contribution in [3.63, 3.8) is 0 Å². The van der Waals surface area contributed by atoms with E-state index in [9.17, 15) is 4.79 Å². The summed E-state index contributed by atoms with van der Waals surface area (Å²) in [6.07, 6.45) is 0.945. The van der Waals surface area contributed by atoms with Crippen molar-refractivity contribution in [3.8, 4) is 5.75 Å². The molecule has 2 rings (SSSR count). The number of rotatable bonds is 9. The first kappa shape index (κ1) is 19.5. The van der Waals surface area contributed by atoms with Gasteiger partial charge in [0.2, 0.25) is 0 Å². The molecule has 5 heteroatoms. The number of hydrogen-bond acceptors (Lipinski definition) is 4. The minimum atomic E-state index is -0.0763. The lowest BCUT2D eigenvalue weighted by molar-refractivity contribution is 0.103. The average Bonchev–Trinajstić information content (AvgIpc) is 3.01. The second-order valence-electron chi connectivity index (χ2n) is 5.87. The van der Waals surface area contributed by atoms with Crippen molar-refractivity contribution in [1.29, 1.82) is 0 Å². The summed E-state index contributed by atoms with van der Waals surface area (Å²) in [5.41, 5.74) is 1.95. The van der Waals surface area contributed by atoms with Gasteiger partial charge in [-0.3, -0.25) is 4.79 Å². The van der Waals surface area contributed by atoms with Crippen LogP contribution in [0.1, 0.15) is 40.9 Å². The summed E-state index contributed by atoms with van der Waals surface area (Å²) < 4.78 is 5.91. The van der Waals surface area contributed by atoms with Crippen LogP contribution in [0.4, 0.5) is 5.69 Å². The van der Waals surface area contributed by atoms with Gasteiger partial charge in [0.1, 0.15) is 12.4 Å². The van der Waals surface area contributed by atoms with Crippen LogP contribution in [0.25, 0.3) is 0 Å². The van der Waals surface area contributed by atoms with Crippen LogP contribution in [0.3, 0.4) is 0 Å². The van der Waals surface area contributed by atoms with Crippen molar-refractivity contribution in [2.24, 2.45) is 0 Å². The van der Waals surface area contributed by atoms with Gasteiger partial charge in [-0.25, -0.2) is 0 Å². The van der Waals surface area contributed by atoms with E-state index in [1.54, 1.807) is 11.3 Å². The maximum atomic E-state index is 12.6. The molecule has 1 heterocycles. The molecule has 0 saturated carbocycles. The van der Waals surface area contributed by atoms with E-state index in [0.29, 0.717) is 12.4 Å². The number of benzene rings is 1. The summed E-state index contributed by atoms with van der Waals surface area (Å²) >= 11 is 1.54. The molecule has 1 amide bonds. The fraction of sp³-hybridized carbons (Fsp3) is 0.450. The Bertz CT molecular complexity index is 693. The van der Waals surface area contributed by atoms with E-state index in [-0.39, 0.29) is 5.91 Å². The van der Waals surface area contributed by atoms with E-state index in [1.807, 2.05) is 30.3 Å².